The number of halogens is 1. The van der Waals surface area contributed by atoms with E-state index in [0.717, 1.165) is 18.5 Å². The van der Waals surface area contributed by atoms with Crippen LogP contribution in [0.15, 0.2) is 30.3 Å². The highest BCUT2D eigenvalue weighted by atomic mass is 35.5. The first-order valence-corrected chi connectivity index (χ1v) is 5.12. The van der Waals surface area contributed by atoms with E-state index in [1.807, 2.05) is 44.2 Å². The second-order valence-electron chi connectivity index (χ2n) is 3.25. The molecule has 0 bridgehead atoms. The zero-order valence-corrected chi connectivity index (χ0v) is 10.0. The van der Waals surface area contributed by atoms with E-state index >= 15 is 0 Å². The molecule has 0 radical (unpaired) electrons. The number of likely N-dealkylation sites (N-methyl/N-ethyl adjacent to an activating group) is 1. The zero-order chi connectivity index (χ0) is 10.4. The predicted molar refractivity (Wildman–Crippen MR) is 65.8 cm³/mol. The summed E-state index contributed by atoms with van der Waals surface area (Å²) in [5, 5.41) is 3.18. The van der Waals surface area contributed by atoms with Crippen LogP contribution in [0, 0.1) is 0 Å². The van der Waals surface area contributed by atoms with Crippen LogP contribution < -0.4 is 5.32 Å². The monoisotopic (exact) mass is 227 g/mol. The molecule has 0 aliphatic rings. The predicted octanol–water partition coefficient (Wildman–Crippen LogP) is 2.68. The van der Waals surface area contributed by atoms with Crippen LogP contribution in [0.1, 0.15) is 30.6 Å². The van der Waals surface area contributed by atoms with Gasteiger partial charge in [0, 0.05) is 5.56 Å². The Hall–Kier alpha value is -0.860. The summed E-state index contributed by atoms with van der Waals surface area (Å²) in [6.07, 6.45) is 0.835. The van der Waals surface area contributed by atoms with E-state index in [1.165, 1.54) is 0 Å². The van der Waals surface area contributed by atoms with Crippen molar-refractivity contribution in [3.05, 3.63) is 35.9 Å². The summed E-state index contributed by atoms with van der Waals surface area (Å²) < 4.78 is 0. The second kappa shape index (κ2) is 7.43. The highest BCUT2D eigenvalue weighted by Gasteiger charge is 2.15. The van der Waals surface area contributed by atoms with Crippen molar-refractivity contribution in [1.29, 1.82) is 0 Å². The van der Waals surface area contributed by atoms with Gasteiger partial charge >= 0.3 is 0 Å². The number of Topliss-reactive ketones (excluding diaryl/α,β-unsaturated/α-hetero) is 1. The largest absolute Gasteiger partial charge is 0.307 e. The summed E-state index contributed by atoms with van der Waals surface area (Å²) in [4.78, 5) is 11.9. The number of carbonyl (C=O) groups is 1. The van der Waals surface area contributed by atoms with Crippen LogP contribution in [-0.2, 0) is 0 Å². The summed E-state index contributed by atoms with van der Waals surface area (Å²) in [5.41, 5.74) is 0.792. The van der Waals surface area contributed by atoms with Gasteiger partial charge < -0.3 is 5.32 Å². The van der Waals surface area contributed by atoms with Gasteiger partial charge in [0.15, 0.2) is 5.78 Å². The molecular weight excluding hydrogens is 210 g/mol. The normalized spacial score (nSPS) is 11.6. The van der Waals surface area contributed by atoms with Crippen LogP contribution in [-0.4, -0.2) is 18.4 Å². The lowest BCUT2D eigenvalue weighted by atomic mass is 10.0. The van der Waals surface area contributed by atoms with Gasteiger partial charge in [-0.15, -0.1) is 12.4 Å². The maximum Gasteiger partial charge on any atom is 0.179 e. The summed E-state index contributed by atoms with van der Waals surface area (Å²) >= 11 is 0. The maximum absolute atomic E-state index is 11.9. The lowest BCUT2D eigenvalue weighted by Crippen LogP contribution is -2.35. The van der Waals surface area contributed by atoms with Crippen molar-refractivity contribution < 1.29 is 4.79 Å². The Labute approximate surface area is 97.5 Å². The molecule has 0 aliphatic heterocycles. The van der Waals surface area contributed by atoms with Gasteiger partial charge in [0.2, 0.25) is 0 Å². The lowest BCUT2D eigenvalue weighted by molar-refractivity contribution is 0.0941. The first-order chi connectivity index (χ1) is 6.79. The highest BCUT2D eigenvalue weighted by Crippen LogP contribution is 2.05. The van der Waals surface area contributed by atoms with Crippen molar-refractivity contribution in [3.8, 4) is 0 Å². The molecule has 0 aromatic heterocycles. The van der Waals surface area contributed by atoms with Crippen molar-refractivity contribution in [2.45, 2.75) is 26.3 Å². The fraction of sp³-hybridized carbons (Fsp3) is 0.417. The minimum atomic E-state index is -0.0394. The van der Waals surface area contributed by atoms with E-state index in [-0.39, 0.29) is 24.2 Å². The first kappa shape index (κ1) is 14.1. The van der Waals surface area contributed by atoms with Crippen molar-refractivity contribution in [1.82, 2.24) is 5.32 Å². The van der Waals surface area contributed by atoms with E-state index in [2.05, 4.69) is 5.32 Å². The highest BCUT2D eigenvalue weighted by molar-refractivity contribution is 6.00. The third-order valence-corrected chi connectivity index (χ3v) is 2.23. The molecule has 0 spiro atoms. The second-order valence-corrected chi connectivity index (χ2v) is 3.25. The molecule has 1 unspecified atom stereocenters. The molecule has 1 rings (SSSR count). The number of nitrogens with one attached hydrogen (secondary N) is 1. The minimum Gasteiger partial charge on any atom is -0.307 e. The van der Waals surface area contributed by atoms with Gasteiger partial charge in [0.1, 0.15) is 0 Å². The Morgan fingerprint density at radius 1 is 1.27 bits per heavy atom. The Morgan fingerprint density at radius 3 is 2.33 bits per heavy atom. The minimum absolute atomic E-state index is 0. The number of carbonyl (C=O) groups excluding carboxylic acids is 1. The molecule has 15 heavy (non-hydrogen) atoms. The number of hydrogen-bond acceptors (Lipinski definition) is 2. The molecule has 0 saturated carbocycles. The average Bonchev–Trinajstić information content (AvgIpc) is 2.26. The van der Waals surface area contributed by atoms with Crippen LogP contribution in [0.3, 0.4) is 0 Å². The summed E-state index contributed by atoms with van der Waals surface area (Å²) in [6, 6.07) is 9.40. The molecule has 0 amide bonds. The van der Waals surface area contributed by atoms with Gasteiger partial charge in [0.05, 0.1) is 6.04 Å². The molecule has 1 atom stereocenters. The Kier molecular flexibility index (Phi) is 7.01. The van der Waals surface area contributed by atoms with Gasteiger partial charge in [-0.2, -0.15) is 0 Å². The molecule has 1 aromatic carbocycles. The Balaban J connectivity index is 0.00000196. The molecule has 0 aliphatic carbocycles. The smallest absolute Gasteiger partial charge is 0.179 e. The molecule has 2 nitrogen and oxygen atoms in total. The fourth-order valence-electron chi connectivity index (χ4n) is 1.47. The number of benzene rings is 1. The zero-order valence-electron chi connectivity index (χ0n) is 9.19. The topological polar surface area (TPSA) is 29.1 Å². The van der Waals surface area contributed by atoms with Crippen LogP contribution in [0.2, 0.25) is 0 Å². The van der Waals surface area contributed by atoms with Crippen LogP contribution in [0.25, 0.3) is 0 Å². The Bertz CT molecular complexity index is 287. The van der Waals surface area contributed by atoms with Crippen molar-refractivity contribution >= 4 is 18.2 Å². The maximum atomic E-state index is 11.9. The van der Waals surface area contributed by atoms with E-state index in [0.29, 0.717) is 0 Å². The number of ketones is 1. The molecular formula is C12H18ClNO. The van der Waals surface area contributed by atoms with Gasteiger partial charge in [-0.3, -0.25) is 4.79 Å². The van der Waals surface area contributed by atoms with Gasteiger partial charge in [-0.25, -0.2) is 0 Å². The molecule has 3 heteroatoms. The standard InChI is InChI=1S/C12H17NO.ClH/c1-3-11(13-4-2)12(14)10-8-6-5-7-9-10;/h5-9,11,13H,3-4H2,1-2H3;1H. The fourth-order valence-corrected chi connectivity index (χ4v) is 1.47. The van der Waals surface area contributed by atoms with Gasteiger partial charge in [0.25, 0.3) is 0 Å². The van der Waals surface area contributed by atoms with Crippen LogP contribution in [0.4, 0.5) is 0 Å². The van der Waals surface area contributed by atoms with E-state index < -0.39 is 0 Å². The van der Waals surface area contributed by atoms with E-state index in [1.54, 1.807) is 0 Å². The lowest BCUT2D eigenvalue weighted by Gasteiger charge is -2.14. The molecule has 1 aromatic rings. The summed E-state index contributed by atoms with van der Waals surface area (Å²) in [5.74, 6) is 0.190. The molecule has 1 N–H and O–H groups in total. The van der Waals surface area contributed by atoms with Crippen molar-refractivity contribution in [2.24, 2.45) is 0 Å². The van der Waals surface area contributed by atoms with Crippen LogP contribution in [0.5, 0.6) is 0 Å². The van der Waals surface area contributed by atoms with Gasteiger partial charge in [-0.05, 0) is 13.0 Å². The van der Waals surface area contributed by atoms with Crippen molar-refractivity contribution in [3.63, 3.8) is 0 Å². The molecule has 84 valence electrons. The van der Waals surface area contributed by atoms with Gasteiger partial charge in [-0.1, -0.05) is 44.2 Å². The number of rotatable bonds is 5. The number of hydrogen-bond donors (Lipinski definition) is 1. The SMILES string of the molecule is CCNC(CC)C(=O)c1ccccc1.Cl. The quantitative estimate of drug-likeness (QED) is 0.784. The summed E-state index contributed by atoms with van der Waals surface area (Å²) in [6.45, 7) is 4.87. The third-order valence-electron chi connectivity index (χ3n) is 2.23. The van der Waals surface area contributed by atoms with Crippen LogP contribution >= 0.6 is 12.4 Å². The Morgan fingerprint density at radius 2 is 1.87 bits per heavy atom. The van der Waals surface area contributed by atoms with E-state index in [9.17, 15) is 4.79 Å². The molecule has 0 saturated heterocycles. The third kappa shape index (κ3) is 4.02. The van der Waals surface area contributed by atoms with Crippen molar-refractivity contribution in [2.75, 3.05) is 6.54 Å². The van der Waals surface area contributed by atoms with E-state index in [4.69, 9.17) is 0 Å². The molecule has 0 heterocycles. The first-order valence-electron chi connectivity index (χ1n) is 5.12. The average molecular weight is 228 g/mol. The summed E-state index contributed by atoms with van der Waals surface area (Å²) in [7, 11) is 0. The molecule has 0 fully saturated rings.